The summed E-state index contributed by atoms with van der Waals surface area (Å²) in [6.45, 7) is 0.370. The summed E-state index contributed by atoms with van der Waals surface area (Å²) >= 11 is 8.07. The van der Waals surface area contributed by atoms with E-state index in [1.54, 1.807) is 18.2 Å². The van der Waals surface area contributed by atoms with Gasteiger partial charge in [-0.3, -0.25) is 19.8 Å². The van der Waals surface area contributed by atoms with Gasteiger partial charge < -0.3 is 0 Å². The molecule has 0 aromatic heterocycles. The minimum absolute atomic E-state index is 0.0502. The first-order valence-corrected chi connectivity index (χ1v) is 11.4. The molecule has 0 bridgehead atoms. The van der Waals surface area contributed by atoms with Crippen LogP contribution in [0.15, 0.2) is 93.6 Å². The van der Waals surface area contributed by atoms with Gasteiger partial charge in [0.25, 0.3) is 11.6 Å². The number of thiocarbonyl (C=S) groups is 1. The summed E-state index contributed by atoms with van der Waals surface area (Å²) in [4.78, 5) is 27.9. The summed E-state index contributed by atoms with van der Waals surface area (Å²) in [5.41, 5.74) is 1.30. The minimum atomic E-state index is -0.437. The van der Waals surface area contributed by atoms with Crippen molar-refractivity contribution in [3.8, 4) is 0 Å². The molecule has 31 heavy (non-hydrogen) atoms. The van der Waals surface area contributed by atoms with E-state index in [1.807, 2.05) is 60.7 Å². The normalized spacial score (nSPS) is 15.0. The second kappa shape index (κ2) is 9.47. The third kappa shape index (κ3) is 5.04. The van der Waals surface area contributed by atoms with Gasteiger partial charge in [-0.25, -0.2) is 0 Å². The first kappa shape index (κ1) is 21.3. The van der Waals surface area contributed by atoms with Crippen LogP contribution in [0.25, 0.3) is 6.08 Å². The SMILES string of the molecule is O=C1/C(=C/c2cc(Sc3ccccc3)ccc2[N+](=O)[O-])SC(=S)N1Cc1ccccc1. The summed E-state index contributed by atoms with van der Waals surface area (Å²) in [6.07, 6.45) is 1.57. The van der Waals surface area contributed by atoms with Gasteiger partial charge >= 0.3 is 0 Å². The third-order valence-corrected chi connectivity index (χ3v) is 6.89. The third-order valence-electron chi connectivity index (χ3n) is 4.52. The molecule has 1 heterocycles. The van der Waals surface area contributed by atoms with Crippen LogP contribution in [-0.2, 0) is 11.3 Å². The first-order valence-electron chi connectivity index (χ1n) is 9.32. The molecule has 3 aromatic carbocycles. The molecule has 154 valence electrons. The van der Waals surface area contributed by atoms with Gasteiger partial charge in [0.15, 0.2) is 0 Å². The highest BCUT2D eigenvalue weighted by atomic mass is 32.2. The molecular formula is C23H16N2O3S3. The zero-order chi connectivity index (χ0) is 21.8. The maximum Gasteiger partial charge on any atom is 0.276 e. The smallest absolute Gasteiger partial charge is 0.276 e. The lowest BCUT2D eigenvalue weighted by Gasteiger charge is -2.14. The summed E-state index contributed by atoms with van der Waals surface area (Å²) in [5.74, 6) is -0.241. The molecule has 4 rings (SSSR count). The van der Waals surface area contributed by atoms with Crippen LogP contribution in [0, 0.1) is 10.1 Å². The Hall–Kier alpha value is -2.94. The monoisotopic (exact) mass is 464 g/mol. The van der Waals surface area contributed by atoms with E-state index in [4.69, 9.17) is 12.2 Å². The van der Waals surface area contributed by atoms with E-state index < -0.39 is 4.92 Å². The molecule has 8 heteroatoms. The Kier molecular flexibility index (Phi) is 6.50. The quantitative estimate of drug-likeness (QED) is 0.189. The molecule has 0 unspecified atom stereocenters. The largest absolute Gasteiger partial charge is 0.288 e. The number of hydrogen-bond donors (Lipinski definition) is 0. The highest BCUT2D eigenvalue weighted by Gasteiger charge is 2.32. The first-order chi connectivity index (χ1) is 15.0. The van der Waals surface area contributed by atoms with Crippen LogP contribution >= 0.6 is 35.7 Å². The molecule has 0 N–H and O–H groups in total. The van der Waals surface area contributed by atoms with Crippen molar-refractivity contribution in [1.29, 1.82) is 0 Å². The van der Waals surface area contributed by atoms with Crippen LogP contribution in [0.2, 0.25) is 0 Å². The van der Waals surface area contributed by atoms with Gasteiger partial charge in [0.2, 0.25) is 0 Å². The van der Waals surface area contributed by atoms with E-state index in [-0.39, 0.29) is 11.6 Å². The maximum atomic E-state index is 13.0. The number of thioether (sulfide) groups is 1. The number of carbonyl (C=O) groups excluding carboxylic acids is 1. The minimum Gasteiger partial charge on any atom is -0.288 e. The number of nitrogens with zero attached hydrogens (tertiary/aromatic N) is 2. The molecule has 0 spiro atoms. The van der Waals surface area contributed by atoms with Gasteiger partial charge in [-0.1, -0.05) is 84.3 Å². The van der Waals surface area contributed by atoms with E-state index in [2.05, 4.69) is 0 Å². The fraction of sp³-hybridized carbons (Fsp3) is 0.0435. The summed E-state index contributed by atoms with van der Waals surface area (Å²) in [7, 11) is 0. The number of nitro benzene ring substituents is 1. The zero-order valence-electron chi connectivity index (χ0n) is 16.1. The number of hydrogen-bond acceptors (Lipinski definition) is 6. The number of benzene rings is 3. The van der Waals surface area contributed by atoms with Crippen molar-refractivity contribution < 1.29 is 9.72 Å². The molecule has 1 saturated heterocycles. The standard InChI is InChI=1S/C23H16N2O3S3/c26-22-21(31-23(29)24(22)15-16-7-3-1-4-8-16)14-17-13-19(11-12-20(17)25(27)28)30-18-9-5-2-6-10-18/h1-14H,15H2/b21-14-. The summed E-state index contributed by atoms with van der Waals surface area (Å²) in [5, 5.41) is 11.6. The van der Waals surface area contributed by atoms with Crippen molar-refractivity contribution in [2.75, 3.05) is 0 Å². The van der Waals surface area contributed by atoms with Crippen molar-refractivity contribution in [2.45, 2.75) is 16.3 Å². The Morgan fingerprint density at radius 2 is 1.68 bits per heavy atom. The van der Waals surface area contributed by atoms with Crippen LogP contribution in [0.4, 0.5) is 5.69 Å². The van der Waals surface area contributed by atoms with Crippen LogP contribution in [0.5, 0.6) is 0 Å². The predicted octanol–water partition coefficient (Wildman–Crippen LogP) is 6.15. The molecule has 1 fully saturated rings. The molecule has 0 radical (unpaired) electrons. The number of rotatable bonds is 6. The average Bonchev–Trinajstić information content (AvgIpc) is 3.02. The molecule has 5 nitrogen and oxygen atoms in total. The van der Waals surface area contributed by atoms with Crippen molar-refractivity contribution in [3.63, 3.8) is 0 Å². The van der Waals surface area contributed by atoms with Gasteiger partial charge in [-0.05, 0) is 35.9 Å². The Balaban J connectivity index is 1.63. The van der Waals surface area contributed by atoms with Crippen LogP contribution < -0.4 is 0 Å². The van der Waals surface area contributed by atoms with Gasteiger partial charge in [-0.15, -0.1) is 0 Å². The lowest BCUT2D eigenvalue weighted by atomic mass is 10.1. The van der Waals surface area contributed by atoms with Gasteiger partial charge in [0, 0.05) is 15.9 Å². The molecule has 1 aliphatic rings. The fourth-order valence-corrected chi connectivity index (χ4v) is 5.18. The molecule has 0 saturated carbocycles. The fourth-order valence-electron chi connectivity index (χ4n) is 3.05. The molecule has 1 amide bonds. The maximum absolute atomic E-state index is 13.0. The van der Waals surface area contributed by atoms with Crippen LogP contribution in [0.1, 0.15) is 11.1 Å². The van der Waals surface area contributed by atoms with Crippen molar-refractivity contribution >= 4 is 57.7 Å². The second-order valence-electron chi connectivity index (χ2n) is 6.65. The van der Waals surface area contributed by atoms with Crippen LogP contribution in [-0.4, -0.2) is 20.1 Å². The van der Waals surface area contributed by atoms with E-state index in [0.29, 0.717) is 21.3 Å². The highest BCUT2D eigenvalue weighted by molar-refractivity contribution is 8.26. The zero-order valence-corrected chi connectivity index (χ0v) is 18.6. The van der Waals surface area contributed by atoms with Gasteiger partial charge in [0.05, 0.1) is 21.9 Å². The van der Waals surface area contributed by atoms with E-state index in [1.165, 1.54) is 34.5 Å². The molecule has 3 aromatic rings. The topological polar surface area (TPSA) is 63.4 Å². The van der Waals surface area contributed by atoms with E-state index in [0.717, 1.165) is 15.4 Å². The van der Waals surface area contributed by atoms with Gasteiger partial charge in [0.1, 0.15) is 4.32 Å². The van der Waals surface area contributed by atoms with Crippen molar-refractivity contribution in [2.24, 2.45) is 0 Å². The molecule has 0 aliphatic carbocycles. The predicted molar refractivity (Wildman–Crippen MR) is 129 cm³/mol. The van der Waals surface area contributed by atoms with E-state index >= 15 is 0 Å². The number of amides is 1. The second-order valence-corrected chi connectivity index (χ2v) is 9.47. The van der Waals surface area contributed by atoms with Gasteiger partial charge in [-0.2, -0.15) is 0 Å². The van der Waals surface area contributed by atoms with E-state index in [9.17, 15) is 14.9 Å². The average molecular weight is 465 g/mol. The van der Waals surface area contributed by atoms with Crippen molar-refractivity contribution in [1.82, 2.24) is 4.90 Å². The summed E-state index contributed by atoms with van der Waals surface area (Å²) < 4.78 is 0.442. The highest BCUT2D eigenvalue weighted by Crippen LogP contribution is 2.37. The molecule has 0 atom stereocenters. The lowest BCUT2D eigenvalue weighted by Crippen LogP contribution is -2.27. The van der Waals surface area contributed by atoms with Crippen molar-refractivity contribution in [3.05, 3.63) is 105 Å². The molecular weight excluding hydrogens is 448 g/mol. The number of nitro groups is 1. The Morgan fingerprint density at radius 1 is 1.00 bits per heavy atom. The lowest BCUT2D eigenvalue weighted by molar-refractivity contribution is -0.385. The molecule has 1 aliphatic heterocycles. The Bertz CT molecular complexity index is 1180. The number of carbonyl (C=O) groups is 1. The summed E-state index contributed by atoms with van der Waals surface area (Å²) in [6, 6.07) is 24.3. The Labute approximate surface area is 193 Å². The Morgan fingerprint density at radius 3 is 2.35 bits per heavy atom. The van der Waals surface area contributed by atoms with Crippen LogP contribution in [0.3, 0.4) is 0 Å².